The first kappa shape index (κ1) is 23.2. The highest BCUT2D eigenvalue weighted by Gasteiger charge is 2.08. The van der Waals surface area contributed by atoms with Crippen LogP contribution >= 0.6 is 34.4 Å². The van der Waals surface area contributed by atoms with Crippen LogP contribution in [0.1, 0.15) is 18.1 Å². The van der Waals surface area contributed by atoms with Gasteiger partial charge in [-0.1, -0.05) is 48.5 Å². The minimum atomic E-state index is -0.985. The molecule has 31 heavy (non-hydrogen) atoms. The lowest BCUT2D eigenvalue weighted by atomic mass is 9.98. The van der Waals surface area contributed by atoms with Gasteiger partial charge in [0.25, 0.3) is 0 Å². The smallest absolute Gasteiger partial charge is 0.341 e. The Bertz CT molecular complexity index is 1050. The normalized spacial score (nSPS) is 11.2. The Morgan fingerprint density at radius 2 is 1.77 bits per heavy atom. The molecule has 0 atom stereocenters. The van der Waals surface area contributed by atoms with E-state index in [1.54, 1.807) is 11.8 Å². The quantitative estimate of drug-likeness (QED) is 0.236. The van der Waals surface area contributed by atoms with Crippen LogP contribution in [0.25, 0.3) is 5.57 Å². The Balaban J connectivity index is 1.78. The van der Waals surface area contributed by atoms with Gasteiger partial charge in [-0.2, -0.15) is 0 Å². The SMILES string of the molecule is CCOc1cccc(/C(=C\CSc2ccc(OCC(=O)O)c(I)c2)c2ccccc2)c1. The average molecular weight is 546 g/mol. The van der Waals surface area contributed by atoms with Gasteiger partial charge in [-0.3, -0.25) is 0 Å². The third-order valence-corrected chi connectivity index (χ3v) is 6.10. The van der Waals surface area contributed by atoms with E-state index in [0.29, 0.717) is 12.4 Å². The Hall–Kier alpha value is -2.45. The van der Waals surface area contributed by atoms with E-state index >= 15 is 0 Å². The molecule has 3 aromatic rings. The van der Waals surface area contributed by atoms with E-state index in [-0.39, 0.29) is 6.61 Å². The second kappa shape index (κ2) is 11.8. The van der Waals surface area contributed by atoms with Gasteiger partial charge >= 0.3 is 5.97 Å². The summed E-state index contributed by atoms with van der Waals surface area (Å²) in [6, 6.07) is 24.3. The average Bonchev–Trinajstić information content (AvgIpc) is 2.77. The topological polar surface area (TPSA) is 55.8 Å². The van der Waals surface area contributed by atoms with E-state index in [4.69, 9.17) is 14.6 Å². The van der Waals surface area contributed by atoms with Crippen LogP contribution in [0.5, 0.6) is 11.5 Å². The first-order valence-corrected chi connectivity index (χ1v) is 11.9. The summed E-state index contributed by atoms with van der Waals surface area (Å²) in [6.07, 6.45) is 2.23. The van der Waals surface area contributed by atoms with E-state index in [1.165, 1.54) is 0 Å². The molecule has 0 aliphatic rings. The van der Waals surface area contributed by atoms with E-state index in [0.717, 1.165) is 36.7 Å². The maximum atomic E-state index is 10.7. The minimum Gasteiger partial charge on any atom is -0.494 e. The molecule has 1 N–H and O–H groups in total. The van der Waals surface area contributed by atoms with Crippen LogP contribution in [-0.4, -0.2) is 30.0 Å². The van der Waals surface area contributed by atoms with Crippen molar-refractivity contribution in [2.45, 2.75) is 11.8 Å². The highest BCUT2D eigenvalue weighted by Crippen LogP contribution is 2.30. The lowest BCUT2D eigenvalue weighted by Gasteiger charge is -2.11. The molecule has 0 fully saturated rings. The van der Waals surface area contributed by atoms with Crippen molar-refractivity contribution < 1.29 is 19.4 Å². The molecular weight excluding hydrogens is 523 g/mol. The van der Waals surface area contributed by atoms with Crippen molar-refractivity contribution in [3.63, 3.8) is 0 Å². The molecule has 0 aliphatic heterocycles. The zero-order chi connectivity index (χ0) is 22.1. The molecule has 0 aliphatic carbocycles. The molecule has 0 heterocycles. The number of rotatable bonds is 10. The van der Waals surface area contributed by atoms with Gasteiger partial charge in [-0.15, -0.1) is 11.8 Å². The summed E-state index contributed by atoms with van der Waals surface area (Å²) in [6.45, 7) is 2.28. The predicted octanol–water partition coefficient (Wildman–Crippen LogP) is 6.38. The third-order valence-electron chi connectivity index (χ3n) is 4.33. The van der Waals surface area contributed by atoms with Crippen LogP contribution in [0.4, 0.5) is 0 Å². The predicted molar refractivity (Wildman–Crippen MR) is 134 cm³/mol. The Morgan fingerprint density at radius 3 is 2.48 bits per heavy atom. The molecule has 4 nitrogen and oxygen atoms in total. The van der Waals surface area contributed by atoms with Crippen molar-refractivity contribution in [3.8, 4) is 11.5 Å². The molecular formula is C25H23IO4S. The molecule has 0 aromatic heterocycles. The summed E-state index contributed by atoms with van der Waals surface area (Å²) in [4.78, 5) is 11.8. The van der Waals surface area contributed by atoms with E-state index in [2.05, 4.69) is 52.9 Å². The summed E-state index contributed by atoms with van der Waals surface area (Å²) < 4.78 is 11.9. The molecule has 6 heteroatoms. The lowest BCUT2D eigenvalue weighted by Crippen LogP contribution is -2.10. The van der Waals surface area contributed by atoms with Crippen molar-refractivity contribution in [1.29, 1.82) is 0 Å². The maximum Gasteiger partial charge on any atom is 0.341 e. The van der Waals surface area contributed by atoms with Gasteiger partial charge in [0.2, 0.25) is 0 Å². The molecule has 0 radical (unpaired) electrons. The highest BCUT2D eigenvalue weighted by atomic mass is 127. The number of halogens is 1. The number of aliphatic carboxylic acids is 1. The van der Waals surface area contributed by atoms with Gasteiger partial charge in [0, 0.05) is 10.6 Å². The number of carbonyl (C=O) groups is 1. The summed E-state index contributed by atoms with van der Waals surface area (Å²) in [5.74, 6) is 1.25. The summed E-state index contributed by atoms with van der Waals surface area (Å²) in [5.41, 5.74) is 3.43. The lowest BCUT2D eigenvalue weighted by molar-refractivity contribution is -0.139. The minimum absolute atomic E-state index is 0.341. The van der Waals surface area contributed by atoms with Crippen molar-refractivity contribution in [1.82, 2.24) is 0 Å². The summed E-state index contributed by atoms with van der Waals surface area (Å²) >= 11 is 3.88. The molecule has 160 valence electrons. The van der Waals surface area contributed by atoms with Gasteiger partial charge in [-0.25, -0.2) is 4.79 Å². The first-order valence-electron chi connectivity index (χ1n) is 9.82. The number of benzene rings is 3. The fourth-order valence-corrected chi connectivity index (χ4v) is 4.68. The first-order chi connectivity index (χ1) is 15.1. The molecule has 3 rings (SSSR count). The van der Waals surface area contributed by atoms with Crippen LogP contribution < -0.4 is 9.47 Å². The molecule has 0 bridgehead atoms. The van der Waals surface area contributed by atoms with E-state index in [1.807, 2.05) is 55.5 Å². The van der Waals surface area contributed by atoms with Crippen LogP contribution in [0.3, 0.4) is 0 Å². The Labute approximate surface area is 200 Å². The summed E-state index contributed by atoms with van der Waals surface area (Å²) in [5, 5.41) is 8.78. The molecule has 0 amide bonds. The van der Waals surface area contributed by atoms with Crippen LogP contribution in [0, 0.1) is 3.57 Å². The molecule has 0 saturated heterocycles. The van der Waals surface area contributed by atoms with Gasteiger partial charge in [0.1, 0.15) is 11.5 Å². The van der Waals surface area contributed by atoms with E-state index < -0.39 is 5.97 Å². The zero-order valence-electron chi connectivity index (χ0n) is 17.1. The number of hydrogen-bond donors (Lipinski definition) is 1. The second-order valence-electron chi connectivity index (χ2n) is 6.53. The van der Waals surface area contributed by atoms with Gasteiger partial charge in [0.15, 0.2) is 6.61 Å². The highest BCUT2D eigenvalue weighted by molar-refractivity contribution is 14.1. The fraction of sp³-hybridized carbons (Fsp3) is 0.160. The molecule has 0 spiro atoms. The zero-order valence-corrected chi connectivity index (χ0v) is 20.1. The van der Waals surface area contributed by atoms with E-state index in [9.17, 15) is 4.79 Å². The number of thioether (sulfide) groups is 1. The molecule has 0 saturated carbocycles. The number of carboxylic acid groups (broad SMARTS) is 1. The molecule has 3 aromatic carbocycles. The van der Waals surface area contributed by atoms with Gasteiger partial charge < -0.3 is 14.6 Å². The largest absolute Gasteiger partial charge is 0.494 e. The van der Waals surface area contributed by atoms with Crippen molar-refractivity contribution >= 4 is 45.9 Å². The Kier molecular flexibility index (Phi) is 8.85. The summed E-state index contributed by atoms with van der Waals surface area (Å²) in [7, 11) is 0. The standard InChI is InChI=1S/C25H23IO4S/c1-2-29-20-10-6-9-19(15-20)22(18-7-4-3-5-8-18)13-14-31-21-11-12-24(23(26)16-21)30-17-25(27)28/h3-13,15-16H,2,14,17H2,1H3,(H,27,28)/b22-13-. The Morgan fingerprint density at radius 1 is 1.00 bits per heavy atom. The van der Waals surface area contributed by atoms with Crippen LogP contribution in [0.2, 0.25) is 0 Å². The van der Waals surface area contributed by atoms with Crippen LogP contribution in [-0.2, 0) is 4.79 Å². The third kappa shape index (κ3) is 7.04. The maximum absolute atomic E-state index is 10.7. The van der Waals surface area contributed by atoms with Crippen molar-refractivity contribution in [2.24, 2.45) is 0 Å². The van der Waals surface area contributed by atoms with Crippen molar-refractivity contribution in [3.05, 3.63) is 93.6 Å². The van der Waals surface area contributed by atoms with Crippen molar-refractivity contribution in [2.75, 3.05) is 19.0 Å². The van der Waals surface area contributed by atoms with Gasteiger partial charge in [-0.05, 0) is 76.5 Å². The number of ether oxygens (including phenoxy) is 2. The second-order valence-corrected chi connectivity index (χ2v) is 8.79. The van der Waals surface area contributed by atoms with Crippen LogP contribution in [0.15, 0.2) is 83.8 Å². The number of hydrogen-bond acceptors (Lipinski definition) is 4. The monoisotopic (exact) mass is 546 g/mol. The molecule has 0 unspecified atom stereocenters. The number of carboxylic acids is 1. The fourth-order valence-electron chi connectivity index (χ4n) is 2.99. The van der Waals surface area contributed by atoms with Gasteiger partial charge in [0.05, 0.1) is 10.2 Å².